The fraction of sp³-hybridized carbons (Fsp3) is 0.0714. The third kappa shape index (κ3) is 2.23. The van der Waals surface area contributed by atoms with Gasteiger partial charge in [0.15, 0.2) is 0 Å². The Kier molecular flexibility index (Phi) is 2.90. The van der Waals surface area contributed by atoms with Crippen molar-refractivity contribution in [3.05, 3.63) is 47.9 Å². The Balaban J connectivity index is 1.99. The molecule has 20 heavy (non-hydrogen) atoms. The Morgan fingerprint density at radius 1 is 1.15 bits per heavy atom. The van der Waals surface area contributed by atoms with E-state index in [-0.39, 0.29) is 5.82 Å². The standard InChI is InChI=1S/C14H11FN4O/c1-8-2-3-9(6-11(8)15)13-18-14(20-19-13)10-4-5-17-12(16)7-10/h2-7H,1H3,(H2,16,17). The molecular weight excluding hydrogens is 259 g/mol. The van der Waals surface area contributed by atoms with Crippen LogP contribution in [0, 0.1) is 12.7 Å². The Labute approximate surface area is 114 Å². The van der Waals surface area contributed by atoms with Crippen LogP contribution in [0.1, 0.15) is 5.56 Å². The number of aromatic nitrogens is 3. The first-order valence-electron chi connectivity index (χ1n) is 5.95. The van der Waals surface area contributed by atoms with Gasteiger partial charge in [-0.3, -0.25) is 0 Å². The van der Waals surface area contributed by atoms with Crippen LogP contribution in [0.5, 0.6) is 0 Å². The smallest absolute Gasteiger partial charge is 0.258 e. The first kappa shape index (κ1) is 12.3. The van der Waals surface area contributed by atoms with Crippen LogP contribution < -0.4 is 5.73 Å². The summed E-state index contributed by atoms with van der Waals surface area (Å²) in [5.41, 5.74) is 7.40. The van der Waals surface area contributed by atoms with Crippen molar-refractivity contribution < 1.29 is 8.91 Å². The molecule has 0 saturated carbocycles. The van der Waals surface area contributed by atoms with Crippen molar-refractivity contribution in [2.24, 2.45) is 0 Å². The Bertz CT molecular complexity index is 769. The summed E-state index contributed by atoms with van der Waals surface area (Å²) in [6.07, 6.45) is 1.56. The SMILES string of the molecule is Cc1ccc(-c2noc(-c3ccnc(N)c3)n2)cc1F. The largest absolute Gasteiger partial charge is 0.384 e. The number of pyridine rings is 1. The van der Waals surface area contributed by atoms with Gasteiger partial charge in [-0.2, -0.15) is 4.98 Å². The predicted octanol–water partition coefficient (Wildman–Crippen LogP) is 2.83. The van der Waals surface area contributed by atoms with Crippen molar-refractivity contribution in [3.8, 4) is 22.8 Å². The van der Waals surface area contributed by atoms with Crippen LogP contribution in [-0.4, -0.2) is 15.1 Å². The average Bonchev–Trinajstić information content (AvgIpc) is 2.92. The maximum absolute atomic E-state index is 13.5. The summed E-state index contributed by atoms with van der Waals surface area (Å²) in [6.45, 7) is 1.69. The van der Waals surface area contributed by atoms with Gasteiger partial charge in [0.2, 0.25) is 5.82 Å². The van der Waals surface area contributed by atoms with Gasteiger partial charge in [0, 0.05) is 17.3 Å². The lowest BCUT2D eigenvalue weighted by Crippen LogP contribution is -1.89. The van der Waals surface area contributed by atoms with Crippen LogP contribution in [-0.2, 0) is 0 Å². The molecule has 2 heterocycles. The van der Waals surface area contributed by atoms with Gasteiger partial charge in [-0.1, -0.05) is 17.3 Å². The van der Waals surface area contributed by atoms with Crippen LogP contribution >= 0.6 is 0 Å². The monoisotopic (exact) mass is 270 g/mol. The van der Waals surface area contributed by atoms with Crippen molar-refractivity contribution in [1.82, 2.24) is 15.1 Å². The molecule has 6 heteroatoms. The van der Waals surface area contributed by atoms with E-state index in [1.165, 1.54) is 6.07 Å². The first-order valence-corrected chi connectivity index (χ1v) is 5.95. The summed E-state index contributed by atoms with van der Waals surface area (Å²) in [5, 5.41) is 3.85. The van der Waals surface area contributed by atoms with E-state index in [0.29, 0.717) is 34.2 Å². The minimum absolute atomic E-state index is 0.304. The molecule has 0 fully saturated rings. The molecular formula is C14H11FN4O. The molecule has 0 radical (unpaired) electrons. The minimum Gasteiger partial charge on any atom is -0.384 e. The number of anilines is 1. The fourth-order valence-electron chi connectivity index (χ4n) is 1.77. The van der Waals surface area contributed by atoms with Gasteiger partial charge < -0.3 is 10.3 Å². The second-order valence-electron chi connectivity index (χ2n) is 4.36. The summed E-state index contributed by atoms with van der Waals surface area (Å²) in [7, 11) is 0. The molecule has 3 rings (SSSR count). The van der Waals surface area contributed by atoms with Gasteiger partial charge in [-0.15, -0.1) is 0 Å². The number of rotatable bonds is 2. The zero-order chi connectivity index (χ0) is 14.1. The Hall–Kier alpha value is -2.76. The summed E-state index contributed by atoms with van der Waals surface area (Å²) >= 11 is 0. The van der Waals surface area contributed by atoms with E-state index >= 15 is 0 Å². The summed E-state index contributed by atoms with van der Waals surface area (Å²) in [6, 6.07) is 8.14. The molecule has 5 nitrogen and oxygen atoms in total. The van der Waals surface area contributed by atoms with Crippen LogP contribution in [0.25, 0.3) is 22.8 Å². The van der Waals surface area contributed by atoms with E-state index in [1.807, 2.05) is 0 Å². The zero-order valence-electron chi connectivity index (χ0n) is 10.7. The highest BCUT2D eigenvalue weighted by molar-refractivity contribution is 5.61. The lowest BCUT2D eigenvalue weighted by atomic mass is 10.1. The van der Waals surface area contributed by atoms with Gasteiger partial charge in [-0.25, -0.2) is 9.37 Å². The van der Waals surface area contributed by atoms with Gasteiger partial charge in [0.1, 0.15) is 11.6 Å². The van der Waals surface area contributed by atoms with Crippen LogP contribution in [0.4, 0.5) is 10.2 Å². The molecule has 0 bridgehead atoms. The number of aryl methyl sites for hydroxylation is 1. The number of halogens is 1. The number of hydrogen-bond donors (Lipinski definition) is 1. The second-order valence-corrected chi connectivity index (χ2v) is 4.36. The molecule has 0 aliphatic rings. The fourth-order valence-corrected chi connectivity index (χ4v) is 1.77. The summed E-state index contributed by atoms with van der Waals surface area (Å²) in [5.74, 6) is 0.704. The molecule has 0 atom stereocenters. The van der Waals surface area contributed by atoms with Crippen molar-refractivity contribution >= 4 is 5.82 Å². The van der Waals surface area contributed by atoms with Crippen LogP contribution in [0.3, 0.4) is 0 Å². The quantitative estimate of drug-likeness (QED) is 0.774. The maximum Gasteiger partial charge on any atom is 0.258 e. The van der Waals surface area contributed by atoms with Crippen LogP contribution in [0.2, 0.25) is 0 Å². The Morgan fingerprint density at radius 3 is 2.75 bits per heavy atom. The highest BCUT2D eigenvalue weighted by atomic mass is 19.1. The summed E-state index contributed by atoms with van der Waals surface area (Å²) in [4.78, 5) is 8.12. The number of hydrogen-bond acceptors (Lipinski definition) is 5. The Morgan fingerprint density at radius 2 is 2.00 bits per heavy atom. The summed E-state index contributed by atoms with van der Waals surface area (Å²) < 4.78 is 18.7. The number of nitrogens with zero attached hydrogens (tertiary/aromatic N) is 3. The van der Waals surface area contributed by atoms with Gasteiger partial charge in [-0.05, 0) is 30.7 Å². The van der Waals surface area contributed by atoms with Crippen molar-refractivity contribution in [2.75, 3.05) is 5.73 Å². The number of nitrogens with two attached hydrogens (primary N) is 1. The molecule has 2 N–H and O–H groups in total. The molecule has 0 amide bonds. The zero-order valence-corrected chi connectivity index (χ0v) is 10.7. The van der Waals surface area contributed by atoms with Gasteiger partial charge in [0.05, 0.1) is 0 Å². The predicted molar refractivity (Wildman–Crippen MR) is 72.1 cm³/mol. The average molecular weight is 270 g/mol. The highest BCUT2D eigenvalue weighted by Crippen LogP contribution is 2.23. The molecule has 2 aromatic heterocycles. The third-order valence-corrected chi connectivity index (χ3v) is 2.88. The first-order chi connectivity index (χ1) is 9.63. The van der Waals surface area contributed by atoms with E-state index in [4.69, 9.17) is 10.3 Å². The van der Waals surface area contributed by atoms with Gasteiger partial charge in [0.25, 0.3) is 5.89 Å². The lowest BCUT2D eigenvalue weighted by Gasteiger charge is -1.97. The second kappa shape index (κ2) is 4.73. The molecule has 1 aromatic carbocycles. The lowest BCUT2D eigenvalue weighted by molar-refractivity contribution is 0.432. The molecule has 0 spiro atoms. The normalized spacial score (nSPS) is 10.7. The molecule has 100 valence electrons. The maximum atomic E-state index is 13.5. The number of benzene rings is 1. The van der Waals surface area contributed by atoms with Crippen molar-refractivity contribution in [3.63, 3.8) is 0 Å². The number of nitrogen functional groups attached to an aromatic ring is 1. The van der Waals surface area contributed by atoms with E-state index in [1.54, 1.807) is 37.4 Å². The van der Waals surface area contributed by atoms with E-state index in [9.17, 15) is 4.39 Å². The van der Waals surface area contributed by atoms with E-state index in [2.05, 4.69) is 15.1 Å². The van der Waals surface area contributed by atoms with E-state index in [0.717, 1.165) is 0 Å². The van der Waals surface area contributed by atoms with Crippen molar-refractivity contribution in [2.45, 2.75) is 6.92 Å². The molecule has 0 unspecified atom stereocenters. The molecule has 0 aliphatic heterocycles. The highest BCUT2D eigenvalue weighted by Gasteiger charge is 2.12. The third-order valence-electron chi connectivity index (χ3n) is 2.88. The molecule has 3 aromatic rings. The van der Waals surface area contributed by atoms with E-state index < -0.39 is 0 Å². The molecule has 0 saturated heterocycles. The van der Waals surface area contributed by atoms with Crippen molar-refractivity contribution in [1.29, 1.82) is 0 Å². The van der Waals surface area contributed by atoms with Crippen LogP contribution in [0.15, 0.2) is 41.1 Å². The van der Waals surface area contributed by atoms with Gasteiger partial charge >= 0.3 is 0 Å². The molecule has 0 aliphatic carbocycles. The minimum atomic E-state index is -0.304. The topological polar surface area (TPSA) is 77.8 Å².